The molecule has 3 heteroatoms. The zero-order chi connectivity index (χ0) is 11.4. The van der Waals surface area contributed by atoms with Gasteiger partial charge in [-0.25, -0.2) is 8.78 Å². The van der Waals surface area contributed by atoms with Crippen LogP contribution < -0.4 is 5.73 Å². The van der Waals surface area contributed by atoms with Gasteiger partial charge in [-0.05, 0) is 30.4 Å². The van der Waals surface area contributed by atoms with E-state index in [1.54, 1.807) is 6.07 Å². The molecule has 0 aliphatic heterocycles. The highest BCUT2D eigenvalue weighted by molar-refractivity contribution is 5.19. The van der Waals surface area contributed by atoms with E-state index in [1.165, 1.54) is 6.07 Å². The Hall–Kier alpha value is -0.960. The highest BCUT2D eigenvalue weighted by atomic mass is 19.2. The van der Waals surface area contributed by atoms with Crippen LogP contribution in [0.25, 0.3) is 0 Å². The van der Waals surface area contributed by atoms with Crippen molar-refractivity contribution in [1.29, 1.82) is 0 Å². The van der Waals surface area contributed by atoms with E-state index in [0.29, 0.717) is 12.0 Å². The third-order valence-electron chi connectivity index (χ3n) is 2.78. The molecule has 0 bridgehead atoms. The van der Waals surface area contributed by atoms with Crippen LogP contribution in [0, 0.1) is 17.6 Å². The van der Waals surface area contributed by atoms with E-state index in [2.05, 4.69) is 0 Å². The molecule has 15 heavy (non-hydrogen) atoms. The maximum atomic E-state index is 13.3. The maximum absolute atomic E-state index is 13.3. The normalized spacial score (nSPS) is 15.0. The van der Waals surface area contributed by atoms with Crippen molar-refractivity contribution in [2.24, 2.45) is 11.7 Å². The third-order valence-corrected chi connectivity index (χ3v) is 2.78. The molecule has 2 atom stereocenters. The van der Waals surface area contributed by atoms with Gasteiger partial charge in [-0.3, -0.25) is 0 Å². The summed E-state index contributed by atoms with van der Waals surface area (Å²) in [7, 11) is 0. The molecule has 2 unspecified atom stereocenters. The zero-order valence-corrected chi connectivity index (χ0v) is 9.13. The molecule has 2 N–H and O–H groups in total. The number of nitrogens with two attached hydrogens (primary N) is 1. The first-order valence-corrected chi connectivity index (χ1v) is 5.24. The van der Waals surface area contributed by atoms with E-state index in [9.17, 15) is 8.78 Å². The summed E-state index contributed by atoms with van der Waals surface area (Å²) >= 11 is 0. The second kappa shape index (κ2) is 5.21. The molecule has 0 spiro atoms. The lowest BCUT2D eigenvalue weighted by Gasteiger charge is -2.18. The fourth-order valence-electron chi connectivity index (χ4n) is 1.61. The first-order valence-electron chi connectivity index (χ1n) is 5.24. The van der Waals surface area contributed by atoms with E-state index in [1.807, 2.05) is 13.8 Å². The molecule has 0 radical (unpaired) electrons. The molecule has 0 aliphatic carbocycles. The van der Waals surface area contributed by atoms with E-state index in [-0.39, 0.29) is 12.0 Å². The van der Waals surface area contributed by atoms with Gasteiger partial charge in [-0.1, -0.05) is 26.0 Å². The molecule has 1 rings (SSSR count). The minimum Gasteiger partial charge on any atom is -0.327 e. The van der Waals surface area contributed by atoms with Crippen molar-refractivity contribution < 1.29 is 8.78 Å². The zero-order valence-electron chi connectivity index (χ0n) is 9.13. The van der Waals surface area contributed by atoms with Crippen molar-refractivity contribution in [3.05, 3.63) is 35.4 Å². The summed E-state index contributed by atoms with van der Waals surface area (Å²) in [6.07, 6.45) is 1.33. The summed E-state index contributed by atoms with van der Waals surface area (Å²) in [5.74, 6) is -1.37. The second-order valence-electron chi connectivity index (χ2n) is 3.97. The van der Waals surface area contributed by atoms with Gasteiger partial charge >= 0.3 is 0 Å². The first-order chi connectivity index (χ1) is 7.06. The van der Waals surface area contributed by atoms with Gasteiger partial charge in [-0.15, -0.1) is 0 Å². The topological polar surface area (TPSA) is 26.0 Å². The number of hydrogen-bond donors (Lipinski definition) is 1. The number of halogens is 2. The Morgan fingerprint density at radius 2 is 2.00 bits per heavy atom. The van der Waals surface area contributed by atoms with E-state index >= 15 is 0 Å². The van der Waals surface area contributed by atoms with E-state index in [4.69, 9.17) is 5.73 Å². The minimum atomic E-state index is -0.787. The lowest BCUT2D eigenvalue weighted by atomic mass is 9.93. The summed E-state index contributed by atoms with van der Waals surface area (Å²) in [6, 6.07) is 4.30. The van der Waals surface area contributed by atoms with Gasteiger partial charge in [0.25, 0.3) is 0 Å². The lowest BCUT2D eigenvalue weighted by molar-refractivity contribution is 0.426. The van der Waals surface area contributed by atoms with E-state index < -0.39 is 11.6 Å². The Bertz CT molecular complexity index is 325. The summed E-state index contributed by atoms with van der Waals surface area (Å²) in [5, 5.41) is 0. The summed E-state index contributed by atoms with van der Waals surface area (Å²) < 4.78 is 26.2. The van der Waals surface area contributed by atoms with Crippen LogP contribution in [0.3, 0.4) is 0 Å². The number of rotatable bonds is 4. The van der Waals surface area contributed by atoms with Crippen molar-refractivity contribution >= 4 is 0 Å². The Balaban J connectivity index is 2.76. The van der Waals surface area contributed by atoms with Gasteiger partial charge < -0.3 is 5.73 Å². The molecule has 1 nitrogen and oxygen atoms in total. The van der Waals surface area contributed by atoms with Crippen LogP contribution in [-0.2, 0) is 6.42 Å². The molecule has 0 amide bonds. The average Bonchev–Trinajstić information content (AvgIpc) is 2.23. The van der Waals surface area contributed by atoms with Crippen LogP contribution in [0.5, 0.6) is 0 Å². The van der Waals surface area contributed by atoms with Crippen LogP contribution in [0.15, 0.2) is 18.2 Å². The first kappa shape index (κ1) is 12.1. The van der Waals surface area contributed by atoms with Crippen LogP contribution in [0.1, 0.15) is 25.8 Å². The van der Waals surface area contributed by atoms with Crippen LogP contribution >= 0.6 is 0 Å². The van der Waals surface area contributed by atoms with Gasteiger partial charge in [0.15, 0.2) is 11.6 Å². The molecule has 0 heterocycles. The minimum absolute atomic E-state index is 0.0349. The number of benzene rings is 1. The molecular formula is C12H17F2N. The van der Waals surface area contributed by atoms with Crippen molar-refractivity contribution in [3.8, 4) is 0 Å². The second-order valence-corrected chi connectivity index (χ2v) is 3.97. The van der Waals surface area contributed by atoms with Crippen LogP contribution in [0.4, 0.5) is 8.78 Å². The van der Waals surface area contributed by atoms with Crippen molar-refractivity contribution in [2.75, 3.05) is 0 Å². The Morgan fingerprint density at radius 3 is 2.60 bits per heavy atom. The fraction of sp³-hybridized carbons (Fsp3) is 0.500. The van der Waals surface area contributed by atoms with Crippen molar-refractivity contribution in [1.82, 2.24) is 0 Å². The molecule has 0 aromatic heterocycles. The average molecular weight is 213 g/mol. The number of hydrogen-bond acceptors (Lipinski definition) is 1. The SMILES string of the molecule is CCC(N)C(C)Cc1cccc(F)c1F. The third kappa shape index (κ3) is 2.99. The highest BCUT2D eigenvalue weighted by Gasteiger charge is 2.15. The van der Waals surface area contributed by atoms with Gasteiger partial charge in [-0.2, -0.15) is 0 Å². The molecule has 0 fully saturated rings. The quantitative estimate of drug-likeness (QED) is 0.817. The maximum Gasteiger partial charge on any atom is 0.162 e. The molecule has 0 saturated heterocycles. The Morgan fingerprint density at radius 1 is 1.33 bits per heavy atom. The fourth-order valence-corrected chi connectivity index (χ4v) is 1.61. The molecule has 1 aromatic rings. The van der Waals surface area contributed by atoms with Gasteiger partial charge in [0.1, 0.15) is 0 Å². The standard InChI is InChI=1S/C12H17F2N/c1-3-11(15)8(2)7-9-5-4-6-10(13)12(9)14/h4-6,8,11H,3,7,15H2,1-2H3. The predicted octanol–water partition coefficient (Wildman–Crippen LogP) is 2.88. The van der Waals surface area contributed by atoms with E-state index in [0.717, 1.165) is 12.5 Å². The van der Waals surface area contributed by atoms with Crippen LogP contribution in [-0.4, -0.2) is 6.04 Å². The molecule has 0 aliphatic rings. The van der Waals surface area contributed by atoms with Gasteiger partial charge in [0, 0.05) is 6.04 Å². The summed E-state index contributed by atoms with van der Waals surface area (Å²) in [6.45, 7) is 3.95. The smallest absolute Gasteiger partial charge is 0.162 e. The molecule has 1 aromatic carbocycles. The highest BCUT2D eigenvalue weighted by Crippen LogP contribution is 2.17. The molecule has 0 saturated carbocycles. The Kier molecular flexibility index (Phi) is 4.21. The van der Waals surface area contributed by atoms with Gasteiger partial charge in [0.2, 0.25) is 0 Å². The van der Waals surface area contributed by atoms with Crippen molar-refractivity contribution in [2.45, 2.75) is 32.7 Å². The van der Waals surface area contributed by atoms with Crippen molar-refractivity contribution in [3.63, 3.8) is 0 Å². The van der Waals surface area contributed by atoms with Crippen LogP contribution in [0.2, 0.25) is 0 Å². The largest absolute Gasteiger partial charge is 0.327 e. The lowest BCUT2D eigenvalue weighted by Crippen LogP contribution is -2.28. The molecular weight excluding hydrogens is 196 g/mol. The predicted molar refractivity (Wildman–Crippen MR) is 57.5 cm³/mol. The Labute approximate surface area is 89.3 Å². The summed E-state index contributed by atoms with van der Waals surface area (Å²) in [4.78, 5) is 0. The monoisotopic (exact) mass is 213 g/mol. The summed E-state index contributed by atoms with van der Waals surface area (Å²) in [5.41, 5.74) is 6.24. The molecule has 84 valence electrons. The van der Waals surface area contributed by atoms with Gasteiger partial charge in [0.05, 0.1) is 0 Å².